The number of amides is 3. The van der Waals surface area contributed by atoms with Crippen molar-refractivity contribution in [3.63, 3.8) is 0 Å². The lowest BCUT2D eigenvalue weighted by Gasteiger charge is -2.09. The van der Waals surface area contributed by atoms with E-state index in [0.717, 1.165) is 12.1 Å². The van der Waals surface area contributed by atoms with Crippen LogP contribution < -0.4 is 15.4 Å². The second-order valence-electron chi connectivity index (χ2n) is 4.27. The SMILES string of the molecule is COc1ccc(C(=O)OCC(=O)NC(=O)NCC(F)(F)F)c(F)c1. The molecule has 0 saturated heterocycles. The van der Waals surface area contributed by atoms with Gasteiger partial charge in [0.15, 0.2) is 6.61 Å². The van der Waals surface area contributed by atoms with Gasteiger partial charge in [0.2, 0.25) is 0 Å². The molecule has 1 rings (SSSR count). The minimum Gasteiger partial charge on any atom is -0.497 e. The summed E-state index contributed by atoms with van der Waals surface area (Å²) >= 11 is 0. The summed E-state index contributed by atoms with van der Waals surface area (Å²) in [5.74, 6) is -3.18. The number of ether oxygens (including phenoxy) is 2. The maximum Gasteiger partial charge on any atom is 0.405 e. The Kier molecular flexibility index (Phi) is 6.50. The Bertz CT molecular complexity index is 633. The van der Waals surface area contributed by atoms with Gasteiger partial charge in [-0.1, -0.05) is 0 Å². The molecule has 132 valence electrons. The highest BCUT2D eigenvalue weighted by atomic mass is 19.4. The lowest BCUT2D eigenvalue weighted by Crippen LogP contribution is -2.44. The van der Waals surface area contributed by atoms with Crippen molar-refractivity contribution in [3.05, 3.63) is 29.6 Å². The first-order chi connectivity index (χ1) is 11.1. The van der Waals surface area contributed by atoms with Gasteiger partial charge in [0, 0.05) is 6.07 Å². The molecule has 0 aliphatic carbocycles. The number of urea groups is 1. The van der Waals surface area contributed by atoms with E-state index in [0.29, 0.717) is 0 Å². The molecule has 0 fully saturated rings. The predicted molar refractivity (Wildman–Crippen MR) is 70.8 cm³/mol. The lowest BCUT2D eigenvalue weighted by atomic mass is 10.2. The number of rotatable bonds is 5. The molecule has 0 aromatic heterocycles. The van der Waals surface area contributed by atoms with E-state index in [2.05, 4.69) is 4.74 Å². The first-order valence-electron chi connectivity index (χ1n) is 6.27. The fourth-order valence-electron chi connectivity index (χ4n) is 1.38. The van der Waals surface area contributed by atoms with E-state index in [1.807, 2.05) is 0 Å². The summed E-state index contributed by atoms with van der Waals surface area (Å²) < 4.78 is 58.3. The number of methoxy groups -OCH3 is 1. The molecule has 2 N–H and O–H groups in total. The number of hydrogen-bond donors (Lipinski definition) is 2. The van der Waals surface area contributed by atoms with Crippen LogP contribution in [0.1, 0.15) is 10.4 Å². The van der Waals surface area contributed by atoms with Gasteiger partial charge in [-0.15, -0.1) is 0 Å². The molecule has 0 bridgehead atoms. The molecule has 11 heteroatoms. The maximum absolute atomic E-state index is 13.6. The zero-order chi connectivity index (χ0) is 18.3. The summed E-state index contributed by atoms with van der Waals surface area (Å²) in [6.07, 6.45) is -4.64. The van der Waals surface area contributed by atoms with Crippen molar-refractivity contribution in [2.45, 2.75) is 6.18 Å². The monoisotopic (exact) mass is 352 g/mol. The van der Waals surface area contributed by atoms with Crippen LogP contribution in [-0.2, 0) is 9.53 Å². The molecule has 0 radical (unpaired) electrons. The summed E-state index contributed by atoms with van der Waals surface area (Å²) in [5.41, 5.74) is -0.481. The first kappa shape index (κ1) is 19.2. The van der Waals surface area contributed by atoms with Gasteiger partial charge in [-0.25, -0.2) is 14.0 Å². The fourth-order valence-corrected chi connectivity index (χ4v) is 1.38. The van der Waals surface area contributed by atoms with Crippen molar-refractivity contribution in [2.75, 3.05) is 20.3 Å². The van der Waals surface area contributed by atoms with Crippen LogP contribution in [0.4, 0.5) is 22.4 Å². The minimum absolute atomic E-state index is 0.156. The van der Waals surface area contributed by atoms with Crippen LogP contribution in [0.15, 0.2) is 18.2 Å². The Morgan fingerprint density at radius 2 is 1.88 bits per heavy atom. The maximum atomic E-state index is 13.6. The van der Waals surface area contributed by atoms with Crippen LogP contribution in [0.5, 0.6) is 5.75 Å². The molecule has 1 aromatic rings. The molecule has 7 nitrogen and oxygen atoms in total. The van der Waals surface area contributed by atoms with Crippen molar-refractivity contribution < 1.29 is 41.4 Å². The van der Waals surface area contributed by atoms with Gasteiger partial charge in [0.25, 0.3) is 5.91 Å². The third-order valence-corrected chi connectivity index (χ3v) is 2.43. The number of hydrogen-bond acceptors (Lipinski definition) is 5. The van der Waals surface area contributed by atoms with Crippen LogP contribution in [0, 0.1) is 5.82 Å². The largest absolute Gasteiger partial charge is 0.497 e. The summed E-state index contributed by atoms with van der Waals surface area (Å²) in [5, 5.41) is 2.90. The topological polar surface area (TPSA) is 93.7 Å². The number of alkyl halides is 3. The van der Waals surface area contributed by atoms with Gasteiger partial charge in [-0.05, 0) is 12.1 Å². The zero-order valence-corrected chi connectivity index (χ0v) is 12.2. The minimum atomic E-state index is -4.64. The fraction of sp³-hybridized carbons (Fsp3) is 0.308. The average Bonchev–Trinajstić information content (AvgIpc) is 2.49. The number of carbonyl (C=O) groups excluding carboxylic acids is 3. The second-order valence-corrected chi connectivity index (χ2v) is 4.27. The Balaban J connectivity index is 2.46. The quantitative estimate of drug-likeness (QED) is 0.617. The van der Waals surface area contributed by atoms with Gasteiger partial charge < -0.3 is 14.8 Å². The number of esters is 1. The third-order valence-electron chi connectivity index (χ3n) is 2.43. The average molecular weight is 352 g/mol. The van der Waals surface area contributed by atoms with Crippen molar-refractivity contribution in [1.82, 2.24) is 10.6 Å². The van der Waals surface area contributed by atoms with Gasteiger partial charge >= 0.3 is 18.2 Å². The Morgan fingerprint density at radius 3 is 2.42 bits per heavy atom. The van der Waals surface area contributed by atoms with Gasteiger partial charge in [-0.2, -0.15) is 13.2 Å². The zero-order valence-electron chi connectivity index (χ0n) is 12.2. The number of benzene rings is 1. The van der Waals surface area contributed by atoms with Crippen molar-refractivity contribution in [2.24, 2.45) is 0 Å². The van der Waals surface area contributed by atoms with Crippen LogP contribution >= 0.6 is 0 Å². The van der Waals surface area contributed by atoms with Gasteiger partial charge in [-0.3, -0.25) is 10.1 Å². The molecule has 1 aromatic carbocycles. The van der Waals surface area contributed by atoms with Gasteiger partial charge in [0.1, 0.15) is 18.1 Å². The Hall–Kier alpha value is -2.85. The smallest absolute Gasteiger partial charge is 0.405 e. The highest BCUT2D eigenvalue weighted by Gasteiger charge is 2.28. The molecule has 0 aliphatic rings. The van der Waals surface area contributed by atoms with Crippen LogP contribution in [0.3, 0.4) is 0 Å². The summed E-state index contributed by atoms with van der Waals surface area (Å²) in [4.78, 5) is 33.8. The molecular formula is C13H12F4N2O5. The van der Waals surface area contributed by atoms with E-state index >= 15 is 0 Å². The molecule has 24 heavy (non-hydrogen) atoms. The number of carbonyl (C=O) groups is 3. The predicted octanol–water partition coefficient (Wildman–Crippen LogP) is 1.38. The number of imide groups is 1. The van der Waals surface area contributed by atoms with E-state index in [4.69, 9.17) is 4.74 Å². The van der Waals surface area contributed by atoms with E-state index in [1.165, 1.54) is 23.8 Å². The van der Waals surface area contributed by atoms with Crippen LogP contribution in [0.25, 0.3) is 0 Å². The Morgan fingerprint density at radius 1 is 1.21 bits per heavy atom. The number of nitrogens with one attached hydrogen (secondary N) is 2. The molecule has 0 heterocycles. The molecule has 0 aliphatic heterocycles. The summed E-state index contributed by atoms with van der Waals surface area (Å²) in [7, 11) is 1.29. The third kappa shape index (κ3) is 6.50. The molecule has 3 amide bonds. The van der Waals surface area contributed by atoms with E-state index in [-0.39, 0.29) is 5.75 Å². The highest BCUT2D eigenvalue weighted by molar-refractivity contribution is 5.97. The highest BCUT2D eigenvalue weighted by Crippen LogP contribution is 2.17. The van der Waals surface area contributed by atoms with Crippen molar-refractivity contribution >= 4 is 17.9 Å². The lowest BCUT2D eigenvalue weighted by molar-refractivity contribution is -0.125. The second kappa shape index (κ2) is 8.13. The van der Waals surface area contributed by atoms with Crippen molar-refractivity contribution in [1.29, 1.82) is 0 Å². The van der Waals surface area contributed by atoms with Crippen LogP contribution in [-0.4, -0.2) is 44.3 Å². The molecule has 0 saturated carbocycles. The normalized spacial score (nSPS) is 10.7. The van der Waals surface area contributed by atoms with E-state index in [9.17, 15) is 31.9 Å². The molecule has 0 atom stereocenters. The van der Waals surface area contributed by atoms with E-state index in [1.54, 1.807) is 0 Å². The summed E-state index contributed by atoms with van der Waals surface area (Å²) in [6.45, 7) is -2.62. The van der Waals surface area contributed by atoms with Crippen LogP contribution in [0.2, 0.25) is 0 Å². The molecular weight excluding hydrogens is 340 g/mol. The Labute approximate surface area is 132 Å². The first-order valence-corrected chi connectivity index (χ1v) is 6.27. The van der Waals surface area contributed by atoms with E-state index < -0.39 is 48.6 Å². The molecule has 0 unspecified atom stereocenters. The summed E-state index contributed by atoms with van der Waals surface area (Å²) in [6, 6.07) is 1.85. The number of halogens is 4. The standard InChI is InChI=1S/C13H12F4N2O5/c1-23-7-2-3-8(9(14)4-7)11(21)24-5-10(20)19-12(22)18-6-13(15,16)17/h2-4H,5-6H2,1H3,(H2,18,19,20,22). The van der Waals surface area contributed by atoms with Crippen molar-refractivity contribution in [3.8, 4) is 5.75 Å². The van der Waals surface area contributed by atoms with Gasteiger partial charge in [0.05, 0.1) is 12.7 Å². The molecule has 0 spiro atoms.